The predicted molar refractivity (Wildman–Crippen MR) is 65.6 cm³/mol. The lowest BCUT2D eigenvalue weighted by molar-refractivity contribution is 0.0930. The van der Waals surface area contributed by atoms with E-state index in [0.717, 1.165) is 12.2 Å². The van der Waals surface area contributed by atoms with Crippen LogP contribution in [0.4, 0.5) is 0 Å². The Morgan fingerprint density at radius 2 is 2.00 bits per heavy atom. The molecule has 2 aromatic rings. The molecule has 0 fully saturated rings. The Morgan fingerprint density at radius 1 is 1.24 bits per heavy atom. The van der Waals surface area contributed by atoms with Gasteiger partial charge in [0.2, 0.25) is 0 Å². The van der Waals surface area contributed by atoms with Crippen LogP contribution in [0.25, 0.3) is 0 Å². The molecule has 0 aliphatic heterocycles. The summed E-state index contributed by atoms with van der Waals surface area (Å²) in [6.45, 7) is 2.01. The monoisotopic (exact) mass is 229 g/mol. The zero-order valence-corrected chi connectivity index (χ0v) is 9.72. The second kappa shape index (κ2) is 5.34. The minimum absolute atomic E-state index is 0.0716. The molecule has 0 bridgehead atoms. The van der Waals surface area contributed by atoms with E-state index in [1.54, 1.807) is 18.4 Å². The maximum Gasteiger partial charge on any atom is 0.251 e. The average Bonchev–Trinajstić information content (AvgIpc) is 2.90. The van der Waals surface area contributed by atoms with E-state index in [4.69, 9.17) is 4.42 Å². The highest BCUT2D eigenvalue weighted by atomic mass is 16.3. The first kappa shape index (κ1) is 11.5. The Morgan fingerprint density at radius 3 is 2.59 bits per heavy atom. The van der Waals surface area contributed by atoms with Crippen molar-refractivity contribution in [3.63, 3.8) is 0 Å². The fraction of sp³-hybridized carbons (Fsp3) is 0.214. The molecule has 2 rings (SSSR count). The molecule has 1 N–H and O–H groups in total. The van der Waals surface area contributed by atoms with E-state index in [2.05, 4.69) is 5.32 Å². The molecule has 88 valence electrons. The van der Waals surface area contributed by atoms with Crippen LogP contribution in [0.15, 0.2) is 53.1 Å². The highest BCUT2D eigenvalue weighted by Gasteiger charge is 2.15. The molecule has 1 aromatic heterocycles. The Balaban J connectivity index is 2.08. The van der Waals surface area contributed by atoms with Gasteiger partial charge in [0.05, 0.1) is 12.3 Å². The molecular weight excluding hydrogens is 214 g/mol. The lowest BCUT2D eigenvalue weighted by Crippen LogP contribution is -2.27. The van der Waals surface area contributed by atoms with Crippen molar-refractivity contribution in [2.24, 2.45) is 0 Å². The van der Waals surface area contributed by atoms with Gasteiger partial charge in [-0.3, -0.25) is 4.79 Å². The zero-order chi connectivity index (χ0) is 12.1. The minimum atomic E-state index is -0.0751. The third kappa shape index (κ3) is 2.75. The second-order valence-corrected chi connectivity index (χ2v) is 3.82. The maximum atomic E-state index is 12.0. The Bertz CT molecular complexity index is 462. The van der Waals surface area contributed by atoms with Crippen molar-refractivity contribution in [2.45, 2.75) is 19.4 Å². The van der Waals surface area contributed by atoms with Gasteiger partial charge in [0.1, 0.15) is 5.76 Å². The van der Waals surface area contributed by atoms with Crippen molar-refractivity contribution in [3.8, 4) is 0 Å². The molecule has 1 amide bonds. The summed E-state index contributed by atoms with van der Waals surface area (Å²) in [5, 5.41) is 2.95. The highest BCUT2D eigenvalue weighted by Crippen LogP contribution is 2.17. The minimum Gasteiger partial charge on any atom is -0.467 e. The van der Waals surface area contributed by atoms with Gasteiger partial charge in [-0.05, 0) is 30.7 Å². The summed E-state index contributed by atoms with van der Waals surface area (Å²) in [5.74, 6) is 0.714. The summed E-state index contributed by atoms with van der Waals surface area (Å²) in [7, 11) is 0. The maximum absolute atomic E-state index is 12.0. The number of rotatable bonds is 4. The van der Waals surface area contributed by atoms with Crippen LogP contribution < -0.4 is 5.32 Å². The van der Waals surface area contributed by atoms with Crippen molar-refractivity contribution in [2.75, 3.05) is 0 Å². The van der Waals surface area contributed by atoms with Crippen LogP contribution in [-0.4, -0.2) is 5.91 Å². The topological polar surface area (TPSA) is 42.2 Å². The molecule has 1 heterocycles. The normalized spacial score (nSPS) is 12.1. The van der Waals surface area contributed by atoms with Crippen LogP contribution in [0.2, 0.25) is 0 Å². The van der Waals surface area contributed by atoms with Crippen molar-refractivity contribution < 1.29 is 9.21 Å². The third-order valence-corrected chi connectivity index (χ3v) is 2.64. The summed E-state index contributed by atoms with van der Waals surface area (Å²) in [6, 6.07) is 12.8. The summed E-state index contributed by atoms with van der Waals surface area (Å²) in [4.78, 5) is 12.0. The SMILES string of the molecule is CC[C@@H](NC(=O)c1ccccc1)c1ccco1. The van der Waals surface area contributed by atoms with Gasteiger partial charge in [0.25, 0.3) is 5.91 Å². The molecule has 1 atom stereocenters. The molecule has 0 saturated carbocycles. The van der Waals surface area contributed by atoms with Crippen molar-refractivity contribution in [3.05, 3.63) is 60.1 Å². The largest absolute Gasteiger partial charge is 0.467 e. The molecule has 3 heteroatoms. The van der Waals surface area contributed by atoms with E-state index in [9.17, 15) is 4.79 Å². The van der Waals surface area contributed by atoms with Gasteiger partial charge < -0.3 is 9.73 Å². The van der Waals surface area contributed by atoms with E-state index in [-0.39, 0.29) is 11.9 Å². The number of hydrogen-bond donors (Lipinski definition) is 1. The number of nitrogens with one attached hydrogen (secondary N) is 1. The number of amides is 1. The zero-order valence-electron chi connectivity index (χ0n) is 9.72. The number of carbonyl (C=O) groups excluding carboxylic acids is 1. The van der Waals surface area contributed by atoms with Gasteiger partial charge in [0.15, 0.2) is 0 Å². The lowest BCUT2D eigenvalue weighted by atomic mass is 10.1. The average molecular weight is 229 g/mol. The quantitative estimate of drug-likeness (QED) is 0.875. The van der Waals surface area contributed by atoms with E-state index >= 15 is 0 Å². The Hall–Kier alpha value is -2.03. The van der Waals surface area contributed by atoms with Crippen LogP contribution in [0, 0.1) is 0 Å². The van der Waals surface area contributed by atoms with E-state index in [0.29, 0.717) is 5.56 Å². The predicted octanol–water partition coefficient (Wildman–Crippen LogP) is 3.16. The van der Waals surface area contributed by atoms with Gasteiger partial charge in [-0.25, -0.2) is 0 Å². The lowest BCUT2D eigenvalue weighted by Gasteiger charge is -2.14. The van der Waals surface area contributed by atoms with Crippen LogP contribution >= 0.6 is 0 Å². The van der Waals surface area contributed by atoms with Gasteiger partial charge in [-0.2, -0.15) is 0 Å². The van der Waals surface area contributed by atoms with Gasteiger partial charge in [-0.15, -0.1) is 0 Å². The molecule has 3 nitrogen and oxygen atoms in total. The molecule has 0 saturated heterocycles. The van der Waals surface area contributed by atoms with Crippen LogP contribution in [0.5, 0.6) is 0 Å². The van der Waals surface area contributed by atoms with Crippen molar-refractivity contribution in [1.82, 2.24) is 5.32 Å². The summed E-state index contributed by atoms with van der Waals surface area (Å²) < 4.78 is 5.31. The molecule has 17 heavy (non-hydrogen) atoms. The summed E-state index contributed by atoms with van der Waals surface area (Å²) >= 11 is 0. The Kier molecular flexibility index (Phi) is 3.60. The fourth-order valence-corrected chi connectivity index (χ4v) is 1.70. The van der Waals surface area contributed by atoms with Crippen LogP contribution in [-0.2, 0) is 0 Å². The molecule has 0 unspecified atom stereocenters. The van der Waals surface area contributed by atoms with Crippen LogP contribution in [0.1, 0.15) is 35.5 Å². The van der Waals surface area contributed by atoms with E-state index < -0.39 is 0 Å². The third-order valence-electron chi connectivity index (χ3n) is 2.64. The van der Waals surface area contributed by atoms with E-state index in [1.165, 1.54) is 0 Å². The highest BCUT2D eigenvalue weighted by molar-refractivity contribution is 5.94. The number of benzene rings is 1. The first-order chi connectivity index (χ1) is 8.31. The fourth-order valence-electron chi connectivity index (χ4n) is 1.70. The Labute approximate surface area is 100 Å². The van der Waals surface area contributed by atoms with Gasteiger partial charge in [0, 0.05) is 5.56 Å². The summed E-state index contributed by atoms with van der Waals surface area (Å²) in [6.07, 6.45) is 2.42. The smallest absolute Gasteiger partial charge is 0.251 e. The standard InChI is InChI=1S/C14H15NO2/c1-2-12(13-9-6-10-17-13)15-14(16)11-7-4-3-5-8-11/h3-10,12H,2H2,1H3,(H,15,16)/t12-/m1/s1. The molecule has 0 spiro atoms. The molecule has 0 aliphatic carbocycles. The molecular formula is C14H15NO2. The first-order valence-corrected chi connectivity index (χ1v) is 5.70. The van der Waals surface area contributed by atoms with Crippen molar-refractivity contribution in [1.29, 1.82) is 0 Å². The van der Waals surface area contributed by atoms with Gasteiger partial charge in [-0.1, -0.05) is 25.1 Å². The number of carbonyl (C=O) groups is 1. The first-order valence-electron chi connectivity index (χ1n) is 5.70. The second-order valence-electron chi connectivity index (χ2n) is 3.82. The molecule has 0 aliphatic rings. The molecule has 0 radical (unpaired) electrons. The molecule has 1 aromatic carbocycles. The van der Waals surface area contributed by atoms with Gasteiger partial charge >= 0.3 is 0 Å². The summed E-state index contributed by atoms with van der Waals surface area (Å²) in [5.41, 5.74) is 0.664. The van der Waals surface area contributed by atoms with Crippen LogP contribution in [0.3, 0.4) is 0 Å². The number of furan rings is 1. The number of hydrogen-bond acceptors (Lipinski definition) is 2. The van der Waals surface area contributed by atoms with E-state index in [1.807, 2.05) is 37.3 Å². The van der Waals surface area contributed by atoms with Crippen molar-refractivity contribution >= 4 is 5.91 Å².